The number of benzene rings is 1. The fraction of sp³-hybridized carbons (Fsp3) is 0.615. The summed E-state index contributed by atoms with van der Waals surface area (Å²) < 4.78 is 2.07. The third kappa shape index (κ3) is 4.50. The number of rotatable bonds is 5. The highest BCUT2D eigenvalue weighted by Crippen LogP contribution is 2.40. The number of aryl methyl sites for hydroxylation is 2. The third-order valence-electron chi connectivity index (χ3n) is 7.87. The molecule has 1 aliphatic heterocycles. The van der Waals surface area contributed by atoms with Crippen LogP contribution in [0.3, 0.4) is 0 Å². The quantitative estimate of drug-likeness (QED) is 0.532. The van der Waals surface area contributed by atoms with Crippen LogP contribution >= 0.6 is 11.3 Å². The predicted molar refractivity (Wildman–Crippen MR) is 134 cm³/mol. The monoisotopic (exact) mass is 451 g/mol. The second-order valence-corrected chi connectivity index (χ2v) is 11.2. The molecule has 1 unspecified atom stereocenters. The topological polar surface area (TPSA) is 36.7 Å². The summed E-state index contributed by atoms with van der Waals surface area (Å²) in [6.07, 6.45) is 5.44. The highest BCUT2D eigenvalue weighted by Gasteiger charge is 2.30. The Morgan fingerprint density at radius 3 is 2.34 bits per heavy atom. The van der Waals surface area contributed by atoms with E-state index in [4.69, 9.17) is 10.1 Å². The molecule has 0 N–H and O–H groups in total. The molecular weight excluding hydrogens is 414 g/mol. The fourth-order valence-corrected chi connectivity index (χ4v) is 6.59. The maximum absolute atomic E-state index is 5.03. The average Bonchev–Trinajstić information content (AvgIpc) is 3.35. The van der Waals surface area contributed by atoms with E-state index < -0.39 is 0 Å². The van der Waals surface area contributed by atoms with Crippen LogP contribution in [0.4, 0.5) is 0 Å². The van der Waals surface area contributed by atoms with Gasteiger partial charge in [-0.1, -0.05) is 48.1 Å². The first kappa shape index (κ1) is 22.1. The second kappa shape index (κ2) is 9.24. The van der Waals surface area contributed by atoms with E-state index in [0.29, 0.717) is 5.92 Å². The fourth-order valence-electron chi connectivity index (χ4n) is 5.50. The molecule has 2 fully saturated rings. The molecule has 6 heteroatoms. The molecule has 0 radical (unpaired) electrons. The zero-order valence-electron chi connectivity index (χ0n) is 20.0. The number of hydrogen-bond acceptors (Lipinski definition) is 5. The van der Waals surface area contributed by atoms with Crippen molar-refractivity contribution in [2.24, 2.45) is 11.8 Å². The van der Waals surface area contributed by atoms with Crippen molar-refractivity contribution in [3.8, 4) is 11.3 Å². The molecule has 5 rings (SSSR count). The van der Waals surface area contributed by atoms with Crippen LogP contribution in [0.2, 0.25) is 0 Å². The minimum absolute atomic E-state index is 0.522. The maximum atomic E-state index is 5.03. The van der Waals surface area contributed by atoms with Gasteiger partial charge in [0.15, 0.2) is 0 Å². The lowest BCUT2D eigenvalue weighted by atomic mass is 9.76. The van der Waals surface area contributed by atoms with Crippen LogP contribution in [0.1, 0.15) is 54.8 Å². The van der Waals surface area contributed by atoms with E-state index >= 15 is 0 Å². The summed E-state index contributed by atoms with van der Waals surface area (Å²) in [6, 6.07) is 8.64. The summed E-state index contributed by atoms with van der Waals surface area (Å²) >= 11 is 1.79. The van der Waals surface area contributed by atoms with Crippen molar-refractivity contribution in [3.63, 3.8) is 0 Å². The van der Waals surface area contributed by atoms with Crippen molar-refractivity contribution in [2.75, 3.05) is 39.8 Å². The van der Waals surface area contributed by atoms with Crippen LogP contribution < -0.4 is 0 Å². The van der Waals surface area contributed by atoms with E-state index in [1.54, 1.807) is 11.3 Å². The molecular formula is C26H37N5S. The van der Waals surface area contributed by atoms with Crippen LogP contribution in [-0.2, 0) is 0 Å². The number of piperazine rings is 1. The highest BCUT2D eigenvalue weighted by molar-refractivity contribution is 7.16. The number of hydrogen-bond donors (Lipinski definition) is 0. The number of likely N-dealkylation sites (N-methyl/N-ethyl adjacent to an activating group) is 1. The van der Waals surface area contributed by atoms with Crippen molar-refractivity contribution in [2.45, 2.75) is 52.4 Å². The first-order valence-corrected chi connectivity index (χ1v) is 13.1. The predicted octanol–water partition coefficient (Wildman–Crippen LogP) is 5.23. The van der Waals surface area contributed by atoms with Gasteiger partial charge in [-0.2, -0.15) is 5.10 Å². The maximum Gasteiger partial charge on any atom is 0.212 e. The van der Waals surface area contributed by atoms with Crippen molar-refractivity contribution in [1.29, 1.82) is 0 Å². The second-order valence-electron chi connectivity index (χ2n) is 10.2. The molecule has 1 aliphatic carbocycles. The normalized spacial score (nSPS) is 24.2. The Hall–Kier alpha value is -1.76. The van der Waals surface area contributed by atoms with Gasteiger partial charge in [0.25, 0.3) is 0 Å². The van der Waals surface area contributed by atoms with E-state index in [1.165, 1.54) is 74.5 Å². The molecule has 0 bridgehead atoms. The van der Waals surface area contributed by atoms with Crippen LogP contribution in [0.25, 0.3) is 16.2 Å². The lowest BCUT2D eigenvalue weighted by molar-refractivity contribution is 0.116. The van der Waals surface area contributed by atoms with Gasteiger partial charge in [0.1, 0.15) is 5.01 Å². The Labute approximate surface area is 196 Å². The summed E-state index contributed by atoms with van der Waals surface area (Å²) in [5.74, 6) is 2.16. The van der Waals surface area contributed by atoms with Gasteiger partial charge in [0.05, 0.1) is 11.4 Å². The Balaban J connectivity index is 1.21. The highest BCUT2D eigenvalue weighted by atomic mass is 32.1. The average molecular weight is 452 g/mol. The minimum Gasteiger partial charge on any atom is -0.304 e. The number of aromatic nitrogens is 3. The van der Waals surface area contributed by atoms with E-state index in [1.807, 2.05) is 0 Å². The molecule has 2 aromatic heterocycles. The lowest BCUT2D eigenvalue weighted by Crippen LogP contribution is -2.46. The molecule has 3 heterocycles. The smallest absolute Gasteiger partial charge is 0.212 e. The molecule has 1 aromatic carbocycles. The number of nitrogens with zero attached hydrogens (tertiary/aromatic N) is 5. The first-order chi connectivity index (χ1) is 15.5. The number of imidazole rings is 1. The van der Waals surface area contributed by atoms with E-state index in [2.05, 4.69) is 66.4 Å². The van der Waals surface area contributed by atoms with Crippen LogP contribution in [0.5, 0.6) is 0 Å². The van der Waals surface area contributed by atoms with Crippen molar-refractivity contribution in [3.05, 3.63) is 40.5 Å². The van der Waals surface area contributed by atoms with E-state index in [-0.39, 0.29) is 0 Å². The Bertz CT molecular complexity index is 1040. The standard InChI is InChI=1S/C26H37N5S/c1-18-5-9-23(10-6-18)24-20(3)31-26(27-24)32-25(28-31)19(2)22-11-7-21(8-12-22)17-30-15-13-29(4)14-16-30/h5-6,9-10,19,21-22H,7-8,11-17H2,1-4H3. The zero-order valence-corrected chi connectivity index (χ0v) is 20.9. The Kier molecular flexibility index (Phi) is 6.37. The van der Waals surface area contributed by atoms with Gasteiger partial charge in [0, 0.05) is 44.2 Å². The molecule has 5 nitrogen and oxygen atoms in total. The van der Waals surface area contributed by atoms with Gasteiger partial charge < -0.3 is 9.80 Å². The van der Waals surface area contributed by atoms with Gasteiger partial charge in [-0.05, 0) is 58.4 Å². The van der Waals surface area contributed by atoms with Crippen LogP contribution in [-0.4, -0.2) is 64.2 Å². The summed E-state index contributed by atoms with van der Waals surface area (Å²) in [5.41, 5.74) is 4.67. The summed E-state index contributed by atoms with van der Waals surface area (Å²) in [6.45, 7) is 12.9. The molecule has 0 amide bonds. The van der Waals surface area contributed by atoms with Gasteiger partial charge in [-0.15, -0.1) is 0 Å². The molecule has 1 saturated carbocycles. The molecule has 3 aromatic rings. The van der Waals surface area contributed by atoms with Crippen molar-refractivity contribution >= 4 is 16.3 Å². The Morgan fingerprint density at radius 2 is 1.69 bits per heavy atom. The summed E-state index contributed by atoms with van der Waals surface area (Å²) in [7, 11) is 2.24. The van der Waals surface area contributed by atoms with E-state index in [0.717, 1.165) is 28.2 Å². The zero-order chi connectivity index (χ0) is 22.2. The SMILES string of the molecule is Cc1ccc(-c2nc3sc(C(C)C4CCC(CN5CCN(C)CC5)CC4)nn3c2C)cc1. The summed E-state index contributed by atoms with van der Waals surface area (Å²) in [5, 5.41) is 6.29. The Morgan fingerprint density at radius 1 is 1.00 bits per heavy atom. The molecule has 172 valence electrons. The van der Waals surface area contributed by atoms with Crippen LogP contribution in [0, 0.1) is 25.7 Å². The minimum atomic E-state index is 0.522. The third-order valence-corrected chi connectivity index (χ3v) is 8.98. The summed E-state index contributed by atoms with van der Waals surface area (Å²) in [4.78, 5) is 11.1. The largest absolute Gasteiger partial charge is 0.304 e. The molecule has 1 saturated heterocycles. The van der Waals surface area contributed by atoms with Gasteiger partial charge in [-0.25, -0.2) is 9.50 Å². The van der Waals surface area contributed by atoms with Crippen molar-refractivity contribution in [1.82, 2.24) is 24.4 Å². The van der Waals surface area contributed by atoms with Crippen molar-refractivity contribution < 1.29 is 0 Å². The van der Waals surface area contributed by atoms with E-state index in [9.17, 15) is 0 Å². The molecule has 2 aliphatic rings. The first-order valence-electron chi connectivity index (χ1n) is 12.3. The van der Waals surface area contributed by atoms with Crippen LogP contribution in [0.15, 0.2) is 24.3 Å². The number of fused-ring (bicyclic) bond motifs is 1. The molecule has 32 heavy (non-hydrogen) atoms. The lowest BCUT2D eigenvalue weighted by Gasteiger charge is -2.37. The van der Waals surface area contributed by atoms with Gasteiger partial charge >= 0.3 is 0 Å². The molecule has 1 atom stereocenters. The molecule has 0 spiro atoms. The van der Waals surface area contributed by atoms with Gasteiger partial charge in [-0.3, -0.25) is 0 Å². The van der Waals surface area contributed by atoms with Gasteiger partial charge in [0.2, 0.25) is 4.96 Å².